The molecule has 0 fully saturated rings. The summed E-state index contributed by atoms with van der Waals surface area (Å²) in [4.78, 5) is 0. The van der Waals surface area contributed by atoms with E-state index in [2.05, 4.69) is 0 Å². The number of hydrogen-bond donors (Lipinski definition) is 2. The molecule has 2 rings (SSSR count). The highest BCUT2D eigenvalue weighted by molar-refractivity contribution is 5.64. The van der Waals surface area contributed by atoms with E-state index in [0.717, 1.165) is 34.6 Å². The van der Waals surface area contributed by atoms with Gasteiger partial charge in [0.1, 0.15) is 12.4 Å². The highest BCUT2D eigenvalue weighted by Gasteiger charge is 2.16. The van der Waals surface area contributed by atoms with Gasteiger partial charge < -0.3 is 19.7 Å². The molecule has 98 valence electrons. The number of aliphatic hydroxyl groups is 2. The molecule has 0 unspecified atom stereocenters. The average Bonchev–Trinajstić information content (AvgIpc) is 2.43. The average molecular weight is 250 g/mol. The third kappa shape index (κ3) is 2.66. The van der Waals surface area contributed by atoms with Crippen LogP contribution in [0.15, 0.2) is 17.9 Å². The third-order valence-corrected chi connectivity index (χ3v) is 2.99. The van der Waals surface area contributed by atoms with Gasteiger partial charge in [0.25, 0.3) is 0 Å². The lowest BCUT2D eigenvalue weighted by molar-refractivity contribution is 0.179. The van der Waals surface area contributed by atoms with Crippen LogP contribution in [0.25, 0.3) is 6.08 Å². The van der Waals surface area contributed by atoms with Crippen molar-refractivity contribution in [1.82, 2.24) is 0 Å². The number of ether oxygens (including phenoxy) is 2. The Bertz CT molecular complexity index is 451. The van der Waals surface area contributed by atoms with Crippen molar-refractivity contribution >= 4 is 6.08 Å². The Kier molecular flexibility index (Phi) is 4.23. The zero-order chi connectivity index (χ0) is 13.0. The minimum atomic E-state index is -0.00920. The lowest BCUT2D eigenvalue weighted by Crippen LogP contribution is -2.06. The number of fused-ring (bicyclic) bond motifs is 1. The summed E-state index contributed by atoms with van der Waals surface area (Å²) < 4.78 is 11.0. The molecule has 0 radical (unpaired) electrons. The fourth-order valence-electron chi connectivity index (χ4n) is 2.06. The maximum Gasteiger partial charge on any atom is 0.126 e. The van der Waals surface area contributed by atoms with E-state index in [1.165, 1.54) is 0 Å². The molecule has 1 aromatic rings. The molecule has 0 spiro atoms. The topological polar surface area (TPSA) is 58.9 Å². The van der Waals surface area contributed by atoms with E-state index in [-0.39, 0.29) is 13.2 Å². The van der Waals surface area contributed by atoms with E-state index in [1.807, 2.05) is 18.2 Å². The molecule has 4 nitrogen and oxygen atoms in total. The van der Waals surface area contributed by atoms with Crippen LogP contribution in [-0.2, 0) is 18.0 Å². The zero-order valence-electron chi connectivity index (χ0n) is 10.5. The molecule has 2 N–H and O–H groups in total. The molecule has 0 aliphatic carbocycles. The molecule has 0 bridgehead atoms. The van der Waals surface area contributed by atoms with E-state index < -0.39 is 0 Å². The standard InChI is InChI=1S/C14H18O4/c1-17-14-6-10(8-16)5-11-9-18-12(3-2-4-15)7-13(11)14/h5-7,15-16H,2-4,8-9H2,1H3. The monoisotopic (exact) mass is 250 g/mol. The summed E-state index contributed by atoms with van der Waals surface area (Å²) in [6.45, 7) is 0.635. The van der Waals surface area contributed by atoms with Crippen LogP contribution in [0.4, 0.5) is 0 Å². The van der Waals surface area contributed by atoms with Gasteiger partial charge >= 0.3 is 0 Å². The second-order valence-electron chi connectivity index (χ2n) is 4.26. The molecule has 18 heavy (non-hydrogen) atoms. The molecule has 1 aliphatic heterocycles. The fraction of sp³-hybridized carbons (Fsp3) is 0.429. The van der Waals surface area contributed by atoms with Crippen molar-refractivity contribution in [3.63, 3.8) is 0 Å². The molecular formula is C14H18O4. The van der Waals surface area contributed by atoms with Crippen LogP contribution < -0.4 is 4.74 Å². The first-order chi connectivity index (χ1) is 8.78. The predicted molar refractivity (Wildman–Crippen MR) is 68.0 cm³/mol. The van der Waals surface area contributed by atoms with E-state index in [9.17, 15) is 5.11 Å². The van der Waals surface area contributed by atoms with Crippen molar-refractivity contribution in [2.75, 3.05) is 13.7 Å². The van der Waals surface area contributed by atoms with Gasteiger partial charge in [0, 0.05) is 24.2 Å². The van der Waals surface area contributed by atoms with Crippen molar-refractivity contribution in [2.24, 2.45) is 0 Å². The fourth-order valence-corrected chi connectivity index (χ4v) is 2.06. The van der Waals surface area contributed by atoms with Crippen LogP contribution in [0, 0.1) is 0 Å². The molecule has 0 aromatic heterocycles. The lowest BCUT2D eigenvalue weighted by atomic mass is 10.00. The highest BCUT2D eigenvalue weighted by Crippen LogP contribution is 2.32. The molecular weight excluding hydrogens is 232 g/mol. The molecule has 1 heterocycles. The van der Waals surface area contributed by atoms with E-state index >= 15 is 0 Å². The van der Waals surface area contributed by atoms with Gasteiger partial charge in [0.15, 0.2) is 0 Å². The minimum Gasteiger partial charge on any atom is -0.496 e. The van der Waals surface area contributed by atoms with Gasteiger partial charge in [-0.3, -0.25) is 0 Å². The number of allylic oxidation sites excluding steroid dienone is 1. The highest BCUT2D eigenvalue weighted by atomic mass is 16.5. The molecule has 1 aliphatic rings. The Morgan fingerprint density at radius 2 is 2.17 bits per heavy atom. The first kappa shape index (κ1) is 12.9. The van der Waals surface area contributed by atoms with E-state index in [1.54, 1.807) is 7.11 Å². The van der Waals surface area contributed by atoms with Crippen LogP contribution >= 0.6 is 0 Å². The molecule has 0 atom stereocenters. The maximum absolute atomic E-state index is 9.19. The number of benzene rings is 1. The molecule has 0 saturated heterocycles. The van der Waals surface area contributed by atoms with Gasteiger partial charge in [-0.1, -0.05) is 0 Å². The Morgan fingerprint density at radius 3 is 2.83 bits per heavy atom. The first-order valence-electron chi connectivity index (χ1n) is 6.03. The van der Waals surface area contributed by atoms with Crippen LogP contribution in [-0.4, -0.2) is 23.9 Å². The molecule has 0 saturated carbocycles. The summed E-state index contributed by atoms with van der Waals surface area (Å²) in [6.07, 6.45) is 3.37. The molecule has 4 heteroatoms. The quantitative estimate of drug-likeness (QED) is 0.837. The summed E-state index contributed by atoms with van der Waals surface area (Å²) in [5, 5.41) is 18.0. The number of rotatable bonds is 5. The zero-order valence-corrected chi connectivity index (χ0v) is 10.5. The van der Waals surface area contributed by atoms with Gasteiger partial charge in [-0.05, 0) is 30.2 Å². The lowest BCUT2D eigenvalue weighted by Gasteiger charge is -2.21. The van der Waals surface area contributed by atoms with Crippen LogP contribution in [0.1, 0.15) is 29.5 Å². The SMILES string of the molecule is COc1cc(CO)cc2c1C=C(CCCO)OC2. The van der Waals surface area contributed by atoms with E-state index in [0.29, 0.717) is 13.0 Å². The van der Waals surface area contributed by atoms with Crippen LogP contribution in [0.2, 0.25) is 0 Å². The maximum atomic E-state index is 9.19. The minimum absolute atomic E-state index is 0.00920. The van der Waals surface area contributed by atoms with Crippen LogP contribution in [0.5, 0.6) is 5.75 Å². The Hall–Kier alpha value is -1.52. The van der Waals surface area contributed by atoms with Crippen molar-refractivity contribution in [2.45, 2.75) is 26.1 Å². The van der Waals surface area contributed by atoms with E-state index in [4.69, 9.17) is 14.6 Å². The normalized spacial score (nSPS) is 13.6. The Labute approximate surface area is 106 Å². The van der Waals surface area contributed by atoms with Crippen molar-refractivity contribution in [1.29, 1.82) is 0 Å². The summed E-state index contributed by atoms with van der Waals surface area (Å²) >= 11 is 0. The summed E-state index contributed by atoms with van der Waals surface area (Å²) in [5.74, 6) is 1.62. The number of aliphatic hydroxyl groups excluding tert-OH is 2. The second kappa shape index (κ2) is 5.89. The summed E-state index contributed by atoms with van der Waals surface area (Å²) in [6, 6.07) is 3.77. The molecule has 0 amide bonds. The summed E-state index contributed by atoms with van der Waals surface area (Å²) in [5.41, 5.74) is 2.85. The largest absolute Gasteiger partial charge is 0.496 e. The number of hydrogen-bond acceptors (Lipinski definition) is 4. The van der Waals surface area contributed by atoms with Crippen LogP contribution in [0.3, 0.4) is 0 Å². The van der Waals surface area contributed by atoms with Crippen molar-refractivity contribution in [3.8, 4) is 5.75 Å². The van der Waals surface area contributed by atoms with Gasteiger partial charge in [-0.2, -0.15) is 0 Å². The third-order valence-electron chi connectivity index (χ3n) is 2.99. The van der Waals surface area contributed by atoms with Gasteiger partial charge in [-0.25, -0.2) is 0 Å². The van der Waals surface area contributed by atoms with Gasteiger partial charge in [-0.15, -0.1) is 0 Å². The predicted octanol–water partition coefficient (Wildman–Crippen LogP) is 1.83. The summed E-state index contributed by atoms with van der Waals surface area (Å²) in [7, 11) is 1.62. The Balaban J connectivity index is 2.33. The second-order valence-corrected chi connectivity index (χ2v) is 4.26. The van der Waals surface area contributed by atoms with Crippen molar-refractivity contribution in [3.05, 3.63) is 34.6 Å². The molecule has 1 aromatic carbocycles. The smallest absolute Gasteiger partial charge is 0.126 e. The Morgan fingerprint density at radius 1 is 1.33 bits per heavy atom. The van der Waals surface area contributed by atoms with Crippen molar-refractivity contribution < 1.29 is 19.7 Å². The van der Waals surface area contributed by atoms with Gasteiger partial charge in [0.05, 0.1) is 19.5 Å². The number of methoxy groups -OCH3 is 1. The van der Waals surface area contributed by atoms with Gasteiger partial charge in [0.2, 0.25) is 0 Å². The first-order valence-corrected chi connectivity index (χ1v) is 6.03.